The van der Waals surface area contributed by atoms with Crippen molar-refractivity contribution < 1.29 is 28.7 Å². The molecule has 1 aliphatic heterocycles. The Morgan fingerprint density at radius 1 is 0.758 bits per heavy atom. The summed E-state index contributed by atoms with van der Waals surface area (Å²) < 4.78 is 11.2. The van der Waals surface area contributed by atoms with Gasteiger partial charge in [-0.25, -0.2) is 4.79 Å². The lowest BCUT2D eigenvalue weighted by atomic mass is 9.77. The van der Waals surface area contributed by atoms with Crippen molar-refractivity contribution in [3.05, 3.63) is 98.6 Å². The van der Waals surface area contributed by atoms with E-state index in [2.05, 4.69) is 0 Å². The number of aryl methyl sites for hydroxylation is 2. The second-order valence-corrected chi connectivity index (χ2v) is 8.74. The number of carbonyl (C=O) groups is 4. The third-order valence-electron chi connectivity index (χ3n) is 6.02. The van der Waals surface area contributed by atoms with Crippen LogP contribution < -0.4 is 4.74 Å². The molecule has 0 N–H and O–H groups in total. The quantitative estimate of drug-likeness (QED) is 0.335. The molecule has 3 aromatic carbocycles. The number of hydrogen-bond donors (Lipinski definition) is 0. The molecule has 0 radical (unpaired) electrons. The summed E-state index contributed by atoms with van der Waals surface area (Å²) in [5.74, 6) is -3.45. The molecule has 0 amide bonds. The van der Waals surface area contributed by atoms with E-state index in [-0.39, 0.29) is 39.1 Å². The molecule has 164 valence electrons. The van der Waals surface area contributed by atoms with Crippen LogP contribution in [0.3, 0.4) is 0 Å². The van der Waals surface area contributed by atoms with E-state index < -0.39 is 29.1 Å². The van der Waals surface area contributed by atoms with Crippen LogP contribution in [0.4, 0.5) is 0 Å². The van der Waals surface area contributed by atoms with Gasteiger partial charge in [0, 0.05) is 41.7 Å². The predicted octanol–water partition coefficient (Wildman–Crippen LogP) is 4.60. The van der Waals surface area contributed by atoms with Crippen molar-refractivity contribution >= 4 is 23.3 Å². The zero-order valence-electron chi connectivity index (χ0n) is 18.6. The molecular formula is C27H20O6. The van der Waals surface area contributed by atoms with Gasteiger partial charge in [-0.2, -0.15) is 0 Å². The van der Waals surface area contributed by atoms with Crippen LogP contribution in [0.25, 0.3) is 0 Å². The first-order valence-electron chi connectivity index (χ1n) is 10.5. The Morgan fingerprint density at radius 3 is 2.18 bits per heavy atom. The van der Waals surface area contributed by atoms with Crippen molar-refractivity contribution in [3.63, 3.8) is 0 Å². The van der Waals surface area contributed by atoms with Crippen LogP contribution in [0, 0.1) is 13.8 Å². The molecule has 5 rings (SSSR count). The Hall–Kier alpha value is -4.06. The van der Waals surface area contributed by atoms with E-state index in [0.717, 1.165) is 0 Å². The van der Waals surface area contributed by atoms with Crippen LogP contribution in [0.1, 0.15) is 83.1 Å². The smallest absolute Gasteiger partial charge is 0.345 e. The highest BCUT2D eigenvalue weighted by molar-refractivity contribution is 6.34. The Balaban J connectivity index is 1.89. The number of benzene rings is 3. The standard InChI is InChI=1S/C27H20O6/c1-13-8-5-6-10-15(13)24(29)22-20-17(12-18-21(22)26(31)33-27(3,4)32-18)23(28)16-11-7-9-14(2)19(16)25(20)30/h5-12H,1-4H3. The van der Waals surface area contributed by atoms with E-state index >= 15 is 0 Å². The normalized spacial score (nSPS) is 15.7. The molecule has 3 aromatic rings. The van der Waals surface area contributed by atoms with Gasteiger partial charge < -0.3 is 9.47 Å². The van der Waals surface area contributed by atoms with Crippen molar-refractivity contribution in [2.45, 2.75) is 33.5 Å². The average molecular weight is 440 g/mol. The van der Waals surface area contributed by atoms with Gasteiger partial charge in [-0.1, -0.05) is 42.5 Å². The molecule has 1 heterocycles. The van der Waals surface area contributed by atoms with Gasteiger partial charge in [-0.05, 0) is 31.0 Å². The van der Waals surface area contributed by atoms with Crippen LogP contribution in [-0.2, 0) is 4.74 Å². The predicted molar refractivity (Wildman–Crippen MR) is 119 cm³/mol. The van der Waals surface area contributed by atoms with Gasteiger partial charge >= 0.3 is 5.97 Å². The summed E-state index contributed by atoms with van der Waals surface area (Å²) in [6.07, 6.45) is 0. The highest BCUT2D eigenvalue weighted by atomic mass is 16.7. The molecular weight excluding hydrogens is 420 g/mol. The average Bonchev–Trinajstić information content (AvgIpc) is 2.75. The summed E-state index contributed by atoms with van der Waals surface area (Å²) in [4.78, 5) is 54.1. The van der Waals surface area contributed by atoms with Crippen LogP contribution in [0.15, 0.2) is 48.5 Å². The summed E-state index contributed by atoms with van der Waals surface area (Å²) in [6.45, 7) is 6.61. The Labute approximate surface area is 190 Å². The first kappa shape index (κ1) is 20.8. The maximum absolute atomic E-state index is 13.8. The van der Waals surface area contributed by atoms with E-state index in [0.29, 0.717) is 16.7 Å². The molecule has 0 fully saturated rings. The number of ether oxygens (including phenoxy) is 2. The number of carbonyl (C=O) groups excluding carboxylic acids is 4. The SMILES string of the molecule is Cc1ccccc1C(=O)c1c2c(cc3c1C(=O)c1c(C)cccc1C3=O)OC(C)(C)OC2=O. The minimum Gasteiger partial charge on any atom is -0.452 e. The topological polar surface area (TPSA) is 86.7 Å². The van der Waals surface area contributed by atoms with Crippen LogP contribution in [0.2, 0.25) is 0 Å². The van der Waals surface area contributed by atoms with Crippen LogP contribution in [0.5, 0.6) is 5.75 Å². The molecule has 0 saturated heterocycles. The molecule has 6 heteroatoms. The second kappa shape index (κ2) is 6.97. The first-order valence-corrected chi connectivity index (χ1v) is 10.5. The van der Waals surface area contributed by atoms with Crippen molar-refractivity contribution in [2.75, 3.05) is 0 Å². The minimum absolute atomic E-state index is 0.0410. The molecule has 0 spiro atoms. The van der Waals surface area contributed by atoms with Gasteiger partial charge in [0.15, 0.2) is 17.3 Å². The molecule has 0 unspecified atom stereocenters. The molecule has 2 aliphatic rings. The fourth-order valence-corrected chi connectivity index (χ4v) is 4.53. The van der Waals surface area contributed by atoms with E-state index in [9.17, 15) is 19.2 Å². The largest absolute Gasteiger partial charge is 0.452 e. The van der Waals surface area contributed by atoms with Gasteiger partial charge in [-0.15, -0.1) is 0 Å². The third-order valence-corrected chi connectivity index (χ3v) is 6.02. The van der Waals surface area contributed by atoms with Crippen LogP contribution >= 0.6 is 0 Å². The summed E-state index contributed by atoms with van der Waals surface area (Å²) in [5, 5.41) is 0. The third kappa shape index (κ3) is 3.02. The minimum atomic E-state index is -1.29. The Kier molecular flexibility index (Phi) is 4.40. The second-order valence-electron chi connectivity index (χ2n) is 8.74. The number of cyclic esters (lactones) is 1. The number of fused-ring (bicyclic) bond motifs is 3. The number of rotatable bonds is 2. The maximum atomic E-state index is 13.8. The molecule has 6 nitrogen and oxygen atoms in total. The van der Waals surface area contributed by atoms with E-state index in [1.165, 1.54) is 6.07 Å². The lowest BCUT2D eigenvalue weighted by Crippen LogP contribution is -2.40. The van der Waals surface area contributed by atoms with E-state index in [1.807, 2.05) is 0 Å². The van der Waals surface area contributed by atoms with E-state index in [4.69, 9.17) is 9.47 Å². The highest BCUT2D eigenvalue weighted by Crippen LogP contribution is 2.42. The number of ketones is 3. The van der Waals surface area contributed by atoms with Crippen molar-refractivity contribution in [3.8, 4) is 5.75 Å². The van der Waals surface area contributed by atoms with Crippen molar-refractivity contribution in [1.29, 1.82) is 0 Å². The lowest BCUT2D eigenvalue weighted by molar-refractivity contribution is -0.127. The number of esters is 1. The molecule has 0 aromatic heterocycles. The zero-order valence-corrected chi connectivity index (χ0v) is 18.6. The maximum Gasteiger partial charge on any atom is 0.345 e. The molecule has 0 atom stereocenters. The summed E-state index contributed by atoms with van der Waals surface area (Å²) in [6, 6.07) is 13.3. The fraction of sp³-hybridized carbons (Fsp3) is 0.185. The number of hydrogen-bond acceptors (Lipinski definition) is 6. The van der Waals surface area contributed by atoms with Gasteiger partial charge in [-0.3, -0.25) is 14.4 Å². The van der Waals surface area contributed by atoms with Gasteiger partial charge in [0.25, 0.3) is 0 Å². The Bertz CT molecular complexity index is 1430. The van der Waals surface area contributed by atoms with Gasteiger partial charge in [0.1, 0.15) is 11.3 Å². The van der Waals surface area contributed by atoms with Gasteiger partial charge in [0.2, 0.25) is 5.79 Å². The zero-order chi connectivity index (χ0) is 23.7. The first-order chi connectivity index (χ1) is 15.6. The van der Waals surface area contributed by atoms with Crippen LogP contribution in [-0.4, -0.2) is 29.1 Å². The lowest BCUT2D eigenvalue weighted by Gasteiger charge is -2.34. The van der Waals surface area contributed by atoms with Crippen molar-refractivity contribution in [2.24, 2.45) is 0 Å². The summed E-state index contributed by atoms with van der Waals surface area (Å²) >= 11 is 0. The summed E-state index contributed by atoms with van der Waals surface area (Å²) in [7, 11) is 0. The van der Waals surface area contributed by atoms with Crippen molar-refractivity contribution in [1.82, 2.24) is 0 Å². The van der Waals surface area contributed by atoms with Gasteiger partial charge in [0.05, 0.1) is 5.56 Å². The monoisotopic (exact) mass is 440 g/mol. The molecule has 33 heavy (non-hydrogen) atoms. The Morgan fingerprint density at radius 2 is 1.45 bits per heavy atom. The molecule has 0 saturated carbocycles. The molecule has 0 bridgehead atoms. The van der Waals surface area contributed by atoms with E-state index in [1.54, 1.807) is 70.2 Å². The molecule has 1 aliphatic carbocycles. The highest BCUT2D eigenvalue weighted by Gasteiger charge is 2.43. The summed E-state index contributed by atoms with van der Waals surface area (Å²) in [5.41, 5.74) is 1.76. The fourth-order valence-electron chi connectivity index (χ4n) is 4.53.